The van der Waals surface area contributed by atoms with E-state index < -0.39 is 11.9 Å². The lowest BCUT2D eigenvalue weighted by atomic mass is 9.94. The number of unbranched alkanes of at least 4 members (excludes halogenated alkanes) is 2. The first-order chi connectivity index (χ1) is 23.8. The summed E-state index contributed by atoms with van der Waals surface area (Å²) in [5, 5.41) is 18.2. The second-order valence-corrected chi connectivity index (χ2v) is 11.9. The molecule has 0 unspecified atom stereocenters. The minimum absolute atomic E-state index is 0.138. The third kappa shape index (κ3) is 8.23. The summed E-state index contributed by atoms with van der Waals surface area (Å²) in [4.78, 5) is 36.6. The number of pyridine rings is 4. The van der Waals surface area contributed by atoms with Crippen LogP contribution in [0, 0.1) is 0 Å². The molecule has 244 valence electrons. The molecular formula is C39H37N6O4+3. The van der Waals surface area contributed by atoms with E-state index in [1.165, 1.54) is 0 Å². The monoisotopic (exact) mass is 653 g/mol. The van der Waals surface area contributed by atoms with Gasteiger partial charge in [-0.25, -0.2) is 23.9 Å². The van der Waals surface area contributed by atoms with Crippen molar-refractivity contribution in [1.82, 2.24) is 15.0 Å². The topological polar surface area (TPSA) is 125 Å². The van der Waals surface area contributed by atoms with Crippen LogP contribution < -0.4 is 13.7 Å². The molecule has 0 atom stereocenters. The number of hydrogen-bond donors (Lipinski definition) is 2. The molecule has 0 aliphatic heterocycles. The number of carboxylic acid groups (broad SMARTS) is 2. The molecule has 0 aliphatic rings. The van der Waals surface area contributed by atoms with Crippen LogP contribution in [0.5, 0.6) is 0 Å². The predicted octanol–water partition coefficient (Wildman–Crippen LogP) is 5.34. The molecule has 49 heavy (non-hydrogen) atoms. The van der Waals surface area contributed by atoms with Crippen LogP contribution in [0.2, 0.25) is 0 Å². The van der Waals surface area contributed by atoms with Gasteiger partial charge in [0.1, 0.15) is 13.6 Å². The Bertz CT molecular complexity index is 2050. The van der Waals surface area contributed by atoms with Gasteiger partial charge in [-0.3, -0.25) is 9.78 Å². The molecule has 6 aromatic rings. The zero-order valence-corrected chi connectivity index (χ0v) is 27.2. The lowest BCUT2D eigenvalue weighted by Gasteiger charge is -2.16. The Morgan fingerprint density at radius 1 is 0.571 bits per heavy atom. The number of nitrogens with zero attached hydrogens (tertiary/aromatic N) is 6. The molecule has 10 heteroatoms. The molecule has 1 aromatic carbocycles. The average Bonchev–Trinajstić information content (AvgIpc) is 3.12. The van der Waals surface area contributed by atoms with Crippen molar-refractivity contribution in [2.75, 3.05) is 0 Å². The summed E-state index contributed by atoms with van der Waals surface area (Å²) >= 11 is 0. The van der Waals surface area contributed by atoms with Crippen molar-refractivity contribution in [3.63, 3.8) is 0 Å². The van der Waals surface area contributed by atoms with Crippen LogP contribution in [0.1, 0.15) is 25.7 Å². The van der Waals surface area contributed by atoms with Gasteiger partial charge in [-0.1, -0.05) is 24.3 Å². The molecule has 0 fully saturated rings. The number of carboxylic acids is 2. The van der Waals surface area contributed by atoms with E-state index >= 15 is 0 Å². The van der Waals surface area contributed by atoms with Gasteiger partial charge in [-0.05, 0) is 41.7 Å². The van der Waals surface area contributed by atoms with E-state index in [9.17, 15) is 14.7 Å². The van der Waals surface area contributed by atoms with E-state index in [1.807, 2.05) is 60.4 Å². The second kappa shape index (κ2) is 15.2. The van der Waals surface area contributed by atoms with Crippen LogP contribution in [-0.2, 0) is 29.7 Å². The highest BCUT2D eigenvalue weighted by molar-refractivity contribution is 5.92. The molecule has 0 aliphatic carbocycles. The van der Waals surface area contributed by atoms with Gasteiger partial charge in [0.15, 0.2) is 43.0 Å². The third-order valence-electron chi connectivity index (χ3n) is 8.29. The second-order valence-electron chi connectivity index (χ2n) is 11.9. The number of aryl methyl sites for hydroxylation is 2. The Kier molecular flexibility index (Phi) is 10.1. The fourth-order valence-electron chi connectivity index (χ4n) is 5.69. The first kappa shape index (κ1) is 32.8. The van der Waals surface area contributed by atoms with E-state index in [2.05, 4.69) is 58.3 Å². The molecule has 0 bridgehead atoms. The minimum Gasteiger partial charge on any atom is -0.481 e. The van der Waals surface area contributed by atoms with Crippen LogP contribution in [0.4, 0.5) is 0 Å². The van der Waals surface area contributed by atoms with E-state index in [-0.39, 0.29) is 13.0 Å². The van der Waals surface area contributed by atoms with Crippen LogP contribution >= 0.6 is 0 Å². The summed E-state index contributed by atoms with van der Waals surface area (Å²) in [7, 11) is 1.97. The van der Waals surface area contributed by atoms with Crippen molar-refractivity contribution in [2.24, 2.45) is 7.05 Å². The molecule has 5 heterocycles. The molecule has 0 radical (unpaired) electrons. The number of benzene rings is 1. The Morgan fingerprint density at radius 3 is 1.71 bits per heavy atom. The molecule has 2 N–H and O–H groups in total. The molecule has 0 spiro atoms. The summed E-state index contributed by atoms with van der Waals surface area (Å²) in [6, 6.07) is 24.2. The van der Waals surface area contributed by atoms with Crippen LogP contribution in [-0.4, -0.2) is 37.1 Å². The summed E-state index contributed by atoms with van der Waals surface area (Å²) in [6.45, 7) is 0.702. The Morgan fingerprint density at radius 2 is 1.10 bits per heavy atom. The normalized spacial score (nSPS) is 11.0. The zero-order chi connectivity index (χ0) is 34.2. The van der Waals surface area contributed by atoms with Crippen LogP contribution in [0.25, 0.3) is 56.2 Å². The Hall–Kier alpha value is -6.16. The zero-order valence-electron chi connectivity index (χ0n) is 27.2. The number of carbonyl (C=O) groups is 2. The predicted molar refractivity (Wildman–Crippen MR) is 182 cm³/mol. The average molecular weight is 654 g/mol. The van der Waals surface area contributed by atoms with Gasteiger partial charge in [0.2, 0.25) is 6.54 Å². The van der Waals surface area contributed by atoms with Crippen molar-refractivity contribution >= 4 is 11.9 Å². The number of hydrogen-bond acceptors (Lipinski definition) is 5. The van der Waals surface area contributed by atoms with Gasteiger partial charge in [0.25, 0.3) is 0 Å². The summed E-state index contributed by atoms with van der Waals surface area (Å²) in [5.41, 5.74) is 8.03. The Labute approximate surface area is 284 Å². The van der Waals surface area contributed by atoms with Crippen LogP contribution in [0.15, 0.2) is 122 Å². The Balaban J connectivity index is 1.40. The number of rotatable bonds is 13. The van der Waals surface area contributed by atoms with E-state index in [0.29, 0.717) is 12.2 Å². The highest BCUT2D eigenvalue weighted by Gasteiger charge is 2.22. The first-order valence-electron chi connectivity index (χ1n) is 16.1. The minimum atomic E-state index is -0.914. The molecule has 10 nitrogen and oxygen atoms in total. The van der Waals surface area contributed by atoms with Gasteiger partial charge < -0.3 is 10.2 Å². The standard InChI is InChI=1S/C39H35N6O4/c1-43-21-12-32(13-22-43)38-36(30-16-25-45(26-17-30)27-35(48)49)37(41-39(42-38)33-10-18-40-19-11-33)31-8-6-28(7-9-31)29-14-23-44(24-15-29)20-4-2-3-5-34(46)47/h6-19,21-26H,2-5,20,27H2,1H3/q+1/p+2. The quantitative estimate of drug-likeness (QED) is 0.127. The molecule has 0 saturated heterocycles. The summed E-state index contributed by atoms with van der Waals surface area (Å²) in [6.07, 6.45) is 17.8. The molecule has 0 saturated carbocycles. The van der Waals surface area contributed by atoms with E-state index in [1.54, 1.807) is 29.4 Å². The number of aromatic nitrogens is 6. The highest BCUT2D eigenvalue weighted by atomic mass is 16.4. The SMILES string of the molecule is C[n+]1ccc(-c2nc(-c3ccncc3)nc(-c3ccc(-c4cc[n+](CCCCCC(=O)O)cc4)cc3)c2-c2cc[n+](CC(=O)O)cc2)cc1. The molecular weight excluding hydrogens is 616 g/mol. The largest absolute Gasteiger partial charge is 0.481 e. The molecule has 6 rings (SSSR count). The van der Waals surface area contributed by atoms with Crippen molar-refractivity contribution < 1.29 is 33.5 Å². The summed E-state index contributed by atoms with van der Waals surface area (Å²) < 4.78 is 5.72. The van der Waals surface area contributed by atoms with Gasteiger partial charge in [-0.2, -0.15) is 4.57 Å². The molecule has 0 amide bonds. The fraction of sp³-hybridized carbons (Fsp3) is 0.179. The van der Waals surface area contributed by atoms with Crippen molar-refractivity contribution in [1.29, 1.82) is 0 Å². The maximum atomic E-state index is 11.4. The third-order valence-corrected chi connectivity index (χ3v) is 8.29. The van der Waals surface area contributed by atoms with Gasteiger partial charge in [0.05, 0.1) is 11.4 Å². The maximum Gasteiger partial charge on any atom is 0.370 e. The van der Waals surface area contributed by atoms with E-state index in [4.69, 9.17) is 15.1 Å². The van der Waals surface area contributed by atoms with Crippen molar-refractivity contribution in [3.05, 3.63) is 122 Å². The van der Waals surface area contributed by atoms with Crippen LogP contribution in [0.3, 0.4) is 0 Å². The number of aliphatic carboxylic acids is 2. The van der Waals surface area contributed by atoms with Crippen molar-refractivity contribution in [3.8, 4) is 56.2 Å². The molecule has 5 aromatic heterocycles. The fourth-order valence-corrected chi connectivity index (χ4v) is 5.69. The maximum absolute atomic E-state index is 11.4. The van der Waals surface area contributed by atoms with Gasteiger partial charge in [0, 0.05) is 83.9 Å². The van der Waals surface area contributed by atoms with Gasteiger partial charge >= 0.3 is 11.9 Å². The lowest BCUT2D eigenvalue weighted by Crippen LogP contribution is -2.36. The van der Waals surface area contributed by atoms with Crippen molar-refractivity contribution in [2.45, 2.75) is 38.8 Å². The van der Waals surface area contributed by atoms with Gasteiger partial charge in [-0.15, -0.1) is 0 Å². The van der Waals surface area contributed by atoms with E-state index in [0.717, 1.165) is 69.7 Å². The summed E-state index contributed by atoms with van der Waals surface area (Å²) in [5.74, 6) is -1.09. The highest BCUT2D eigenvalue weighted by Crippen LogP contribution is 2.39. The smallest absolute Gasteiger partial charge is 0.370 e. The first-order valence-corrected chi connectivity index (χ1v) is 16.1. The lowest BCUT2D eigenvalue weighted by molar-refractivity contribution is -0.697.